The molecule has 0 aliphatic heterocycles. The molecule has 1 aromatic rings. The van der Waals surface area contributed by atoms with Gasteiger partial charge in [-0.3, -0.25) is 0 Å². The highest BCUT2D eigenvalue weighted by Crippen LogP contribution is 2.08. The molecule has 3 heteroatoms. The summed E-state index contributed by atoms with van der Waals surface area (Å²) in [5.74, 6) is 0. The number of ether oxygens (including phenoxy) is 1. The van der Waals surface area contributed by atoms with Crippen LogP contribution in [0.3, 0.4) is 0 Å². The lowest BCUT2D eigenvalue weighted by atomic mass is 10.2. The molecule has 11 heavy (non-hydrogen) atoms. The van der Waals surface area contributed by atoms with Gasteiger partial charge in [-0.05, 0) is 35.2 Å². The number of hydrogen-bond acceptors (Lipinski definition) is 2. The Morgan fingerprint density at radius 1 is 1.55 bits per heavy atom. The maximum absolute atomic E-state index is 5.34. The van der Waals surface area contributed by atoms with Gasteiger partial charge in [-0.1, -0.05) is 11.6 Å². The average Bonchev–Trinajstić information content (AvgIpc) is 2.50. The highest BCUT2D eigenvalue weighted by Gasteiger charge is 1.92. The third-order valence-electron chi connectivity index (χ3n) is 1.41. The van der Waals surface area contributed by atoms with Crippen LogP contribution in [0, 0.1) is 0 Å². The van der Waals surface area contributed by atoms with E-state index in [1.165, 1.54) is 5.56 Å². The van der Waals surface area contributed by atoms with Crippen molar-refractivity contribution in [2.45, 2.75) is 12.8 Å². The molecule has 0 atom stereocenters. The average molecular weight is 191 g/mol. The zero-order chi connectivity index (χ0) is 7.94. The predicted octanol–water partition coefficient (Wildman–Crippen LogP) is 2.89. The Labute approximate surface area is 75.9 Å². The van der Waals surface area contributed by atoms with Gasteiger partial charge in [-0.2, -0.15) is 11.3 Å². The van der Waals surface area contributed by atoms with Crippen LogP contribution in [0.1, 0.15) is 12.0 Å². The topological polar surface area (TPSA) is 9.23 Å². The van der Waals surface area contributed by atoms with Crippen LogP contribution in [0.15, 0.2) is 16.8 Å². The van der Waals surface area contributed by atoms with Crippen molar-refractivity contribution in [1.29, 1.82) is 0 Å². The van der Waals surface area contributed by atoms with Gasteiger partial charge in [0.25, 0.3) is 0 Å². The van der Waals surface area contributed by atoms with Crippen LogP contribution in [-0.4, -0.2) is 12.7 Å². The van der Waals surface area contributed by atoms with E-state index in [-0.39, 0.29) is 0 Å². The van der Waals surface area contributed by atoms with Gasteiger partial charge in [0, 0.05) is 6.61 Å². The molecule has 0 saturated carbocycles. The van der Waals surface area contributed by atoms with Crippen LogP contribution >= 0.6 is 22.9 Å². The molecule has 1 nitrogen and oxygen atoms in total. The molecule has 0 aromatic carbocycles. The van der Waals surface area contributed by atoms with Gasteiger partial charge in [0.15, 0.2) is 0 Å². The van der Waals surface area contributed by atoms with Gasteiger partial charge < -0.3 is 4.74 Å². The molecule has 0 unspecified atom stereocenters. The molecule has 0 amide bonds. The molecule has 0 fully saturated rings. The molecule has 0 saturated heterocycles. The van der Waals surface area contributed by atoms with E-state index in [9.17, 15) is 0 Å². The van der Waals surface area contributed by atoms with E-state index in [1.807, 2.05) is 0 Å². The van der Waals surface area contributed by atoms with Crippen LogP contribution in [0.5, 0.6) is 0 Å². The second-order valence-electron chi connectivity index (χ2n) is 2.25. The van der Waals surface area contributed by atoms with E-state index in [2.05, 4.69) is 16.8 Å². The van der Waals surface area contributed by atoms with E-state index in [1.54, 1.807) is 11.3 Å². The standard InChI is InChI=1S/C8H11ClOS/c9-7-10-4-1-2-8-3-5-11-6-8/h3,5-6H,1-2,4,7H2. The molecule has 0 N–H and O–H groups in total. The van der Waals surface area contributed by atoms with Crippen molar-refractivity contribution in [3.8, 4) is 0 Å². The number of halogens is 1. The molecule has 1 rings (SSSR count). The highest BCUT2D eigenvalue weighted by atomic mass is 35.5. The minimum absolute atomic E-state index is 0.309. The van der Waals surface area contributed by atoms with E-state index in [0.717, 1.165) is 19.4 Å². The molecule has 62 valence electrons. The lowest BCUT2D eigenvalue weighted by Crippen LogP contribution is -1.93. The summed E-state index contributed by atoms with van der Waals surface area (Å²) >= 11 is 7.08. The van der Waals surface area contributed by atoms with Gasteiger partial charge in [0.1, 0.15) is 6.07 Å². The summed E-state index contributed by atoms with van der Waals surface area (Å²) in [5.41, 5.74) is 1.40. The smallest absolute Gasteiger partial charge is 0.120 e. The van der Waals surface area contributed by atoms with E-state index in [0.29, 0.717) is 6.07 Å². The number of alkyl halides is 1. The van der Waals surface area contributed by atoms with Crippen LogP contribution < -0.4 is 0 Å². The monoisotopic (exact) mass is 190 g/mol. The highest BCUT2D eigenvalue weighted by molar-refractivity contribution is 7.07. The maximum Gasteiger partial charge on any atom is 0.120 e. The molecule has 1 aromatic heterocycles. The van der Waals surface area contributed by atoms with Gasteiger partial charge in [0.05, 0.1) is 0 Å². The van der Waals surface area contributed by atoms with Gasteiger partial charge >= 0.3 is 0 Å². The Bertz CT molecular complexity index is 174. The summed E-state index contributed by atoms with van der Waals surface area (Å²) in [5, 5.41) is 4.26. The Kier molecular flexibility index (Phi) is 4.59. The first-order valence-electron chi connectivity index (χ1n) is 3.58. The Hall–Kier alpha value is -0.0500. The maximum atomic E-state index is 5.34. The molecule has 0 bridgehead atoms. The Morgan fingerprint density at radius 2 is 2.45 bits per heavy atom. The molecular formula is C8H11ClOS. The van der Waals surface area contributed by atoms with E-state index < -0.39 is 0 Å². The zero-order valence-electron chi connectivity index (χ0n) is 6.25. The van der Waals surface area contributed by atoms with Crippen molar-refractivity contribution in [3.05, 3.63) is 22.4 Å². The first-order valence-corrected chi connectivity index (χ1v) is 5.06. The second-order valence-corrected chi connectivity index (χ2v) is 3.25. The van der Waals surface area contributed by atoms with Crippen LogP contribution in [-0.2, 0) is 11.2 Å². The third-order valence-corrected chi connectivity index (χ3v) is 2.30. The summed E-state index contributed by atoms with van der Waals surface area (Å²) in [6.07, 6.45) is 2.16. The molecular weight excluding hydrogens is 180 g/mol. The van der Waals surface area contributed by atoms with Crippen LogP contribution in [0.2, 0.25) is 0 Å². The van der Waals surface area contributed by atoms with Gasteiger partial charge in [-0.25, -0.2) is 0 Å². The molecule has 0 aliphatic rings. The Morgan fingerprint density at radius 3 is 3.09 bits per heavy atom. The minimum atomic E-state index is 0.309. The number of aryl methyl sites for hydroxylation is 1. The lowest BCUT2D eigenvalue weighted by molar-refractivity contribution is 0.176. The summed E-state index contributed by atoms with van der Waals surface area (Å²) in [6, 6.07) is 2.45. The summed E-state index contributed by atoms with van der Waals surface area (Å²) in [4.78, 5) is 0. The van der Waals surface area contributed by atoms with E-state index >= 15 is 0 Å². The largest absolute Gasteiger partial charge is 0.366 e. The summed E-state index contributed by atoms with van der Waals surface area (Å²) in [6.45, 7) is 0.763. The summed E-state index contributed by atoms with van der Waals surface area (Å²) < 4.78 is 5.00. The quantitative estimate of drug-likeness (QED) is 0.513. The van der Waals surface area contributed by atoms with Crippen molar-refractivity contribution in [2.75, 3.05) is 12.7 Å². The van der Waals surface area contributed by atoms with Gasteiger partial charge in [-0.15, -0.1) is 0 Å². The summed E-state index contributed by atoms with van der Waals surface area (Å²) in [7, 11) is 0. The van der Waals surface area contributed by atoms with Gasteiger partial charge in [0.2, 0.25) is 0 Å². The lowest BCUT2D eigenvalue weighted by Gasteiger charge is -1.97. The van der Waals surface area contributed by atoms with E-state index in [4.69, 9.17) is 16.3 Å². The zero-order valence-corrected chi connectivity index (χ0v) is 7.83. The number of hydrogen-bond donors (Lipinski definition) is 0. The molecule has 0 spiro atoms. The fraction of sp³-hybridized carbons (Fsp3) is 0.500. The van der Waals surface area contributed by atoms with Crippen LogP contribution in [0.25, 0.3) is 0 Å². The fourth-order valence-corrected chi connectivity index (χ4v) is 1.68. The van der Waals surface area contributed by atoms with Crippen molar-refractivity contribution in [2.24, 2.45) is 0 Å². The van der Waals surface area contributed by atoms with Crippen LogP contribution in [0.4, 0.5) is 0 Å². The fourth-order valence-electron chi connectivity index (χ4n) is 0.868. The van der Waals surface area contributed by atoms with Crippen molar-refractivity contribution in [1.82, 2.24) is 0 Å². The van der Waals surface area contributed by atoms with Crippen molar-refractivity contribution >= 4 is 22.9 Å². The molecule has 0 aliphatic carbocycles. The number of thiophene rings is 1. The normalized spacial score (nSPS) is 10.3. The third kappa shape index (κ3) is 3.75. The SMILES string of the molecule is ClCOCCCc1ccsc1. The second kappa shape index (κ2) is 5.58. The minimum Gasteiger partial charge on any atom is -0.366 e. The van der Waals surface area contributed by atoms with Crippen molar-refractivity contribution < 1.29 is 4.74 Å². The van der Waals surface area contributed by atoms with Crippen molar-refractivity contribution in [3.63, 3.8) is 0 Å². The number of rotatable bonds is 5. The predicted molar refractivity (Wildman–Crippen MR) is 49.3 cm³/mol. The first-order chi connectivity index (χ1) is 5.43. The Balaban J connectivity index is 2.04. The first kappa shape index (κ1) is 9.04. The molecule has 1 heterocycles. The molecule has 0 radical (unpaired) electrons.